The van der Waals surface area contributed by atoms with Crippen LogP contribution in [0.25, 0.3) is 11.0 Å². The van der Waals surface area contributed by atoms with Crippen LogP contribution in [0.5, 0.6) is 11.6 Å². The first kappa shape index (κ1) is 14.7. The van der Waals surface area contributed by atoms with Crippen molar-refractivity contribution in [1.29, 1.82) is 0 Å². The molecule has 0 aliphatic carbocycles. The number of pyridine rings is 2. The Morgan fingerprint density at radius 2 is 2.17 bits per heavy atom. The summed E-state index contributed by atoms with van der Waals surface area (Å²) in [5.41, 5.74) is 8.97. The van der Waals surface area contributed by atoms with Crippen LogP contribution < -0.4 is 15.2 Å². The average molecular weight is 314 g/mol. The van der Waals surface area contributed by atoms with Crippen molar-refractivity contribution < 1.29 is 9.47 Å². The van der Waals surface area contributed by atoms with Crippen molar-refractivity contribution in [1.82, 2.24) is 14.9 Å². The fraction of sp³-hybridized carbons (Fsp3) is 0.529. The SMILES string of the molecule is COc1ccc2ncc3c(c2n1)C(CN1CCC(N)CC1)CO3. The summed E-state index contributed by atoms with van der Waals surface area (Å²) in [5.74, 6) is 1.80. The van der Waals surface area contributed by atoms with Gasteiger partial charge in [0.25, 0.3) is 0 Å². The molecule has 6 nitrogen and oxygen atoms in total. The first-order valence-electron chi connectivity index (χ1n) is 8.19. The number of methoxy groups -OCH3 is 1. The minimum atomic E-state index is 0.324. The number of likely N-dealkylation sites (tertiary alicyclic amines) is 1. The molecule has 2 aromatic heterocycles. The minimum Gasteiger partial charge on any atom is -0.491 e. The second-order valence-electron chi connectivity index (χ2n) is 6.40. The number of rotatable bonds is 3. The molecule has 1 fully saturated rings. The zero-order chi connectivity index (χ0) is 15.8. The van der Waals surface area contributed by atoms with E-state index in [9.17, 15) is 0 Å². The van der Waals surface area contributed by atoms with Crippen molar-refractivity contribution in [2.75, 3.05) is 33.4 Å². The topological polar surface area (TPSA) is 73.5 Å². The van der Waals surface area contributed by atoms with Gasteiger partial charge in [0.2, 0.25) is 5.88 Å². The molecule has 0 spiro atoms. The molecule has 2 aromatic rings. The molecule has 0 radical (unpaired) electrons. The number of fused-ring (bicyclic) bond motifs is 3. The Morgan fingerprint density at radius 1 is 1.35 bits per heavy atom. The van der Waals surface area contributed by atoms with E-state index in [1.54, 1.807) is 7.11 Å². The molecule has 1 saturated heterocycles. The summed E-state index contributed by atoms with van der Waals surface area (Å²) in [5, 5.41) is 0. The van der Waals surface area contributed by atoms with Gasteiger partial charge >= 0.3 is 0 Å². The molecule has 0 bridgehead atoms. The Kier molecular flexibility index (Phi) is 3.79. The normalized spacial score (nSPS) is 22.1. The highest BCUT2D eigenvalue weighted by atomic mass is 16.5. The lowest BCUT2D eigenvalue weighted by atomic mass is 9.98. The third-order valence-corrected chi connectivity index (χ3v) is 4.86. The monoisotopic (exact) mass is 314 g/mol. The summed E-state index contributed by atoms with van der Waals surface area (Å²) in [7, 11) is 1.63. The largest absolute Gasteiger partial charge is 0.491 e. The molecule has 6 heteroatoms. The van der Waals surface area contributed by atoms with Crippen LogP contribution in [0.2, 0.25) is 0 Å². The second kappa shape index (κ2) is 5.94. The number of piperidine rings is 1. The first-order chi connectivity index (χ1) is 11.2. The zero-order valence-electron chi connectivity index (χ0n) is 13.4. The summed E-state index contributed by atoms with van der Waals surface area (Å²) >= 11 is 0. The van der Waals surface area contributed by atoms with Gasteiger partial charge in [-0.2, -0.15) is 0 Å². The number of nitrogens with zero attached hydrogens (tertiary/aromatic N) is 3. The van der Waals surface area contributed by atoms with Gasteiger partial charge < -0.3 is 20.1 Å². The summed E-state index contributed by atoms with van der Waals surface area (Å²) in [4.78, 5) is 11.5. The van der Waals surface area contributed by atoms with E-state index < -0.39 is 0 Å². The highest BCUT2D eigenvalue weighted by Gasteiger charge is 2.30. The Balaban J connectivity index is 1.65. The van der Waals surface area contributed by atoms with E-state index in [0.29, 0.717) is 24.4 Å². The maximum absolute atomic E-state index is 6.00. The van der Waals surface area contributed by atoms with Crippen LogP contribution in [0.4, 0.5) is 0 Å². The van der Waals surface area contributed by atoms with E-state index in [0.717, 1.165) is 49.3 Å². The summed E-state index contributed by atoms with van der Waals surface area (Å²) < 4.78 is 11.1. The van der Waals surface area contributed by atoms with Crippen molar-refractivity contribution >= 4 is 11.0 Å². The number of aromatic nitrogens is 2. The molecule has 1 unspecified atom stereocenters. The third-order valence-electron chi connectivity index (χ3n) is 4.86. The Bertz CT molecular complexity index is 713. The van der Waals surface area contributed by atoms with E-state index in [4.69, 9.17) is 15.2 Å². The van der Waals surface area contributed by atoms with Crippen LogP contribution in [-0.4, -0.2) is 54.3 Å². The molecule has 0 saturated carbocycles. The lowest BCUT2D eigenvalue weighted by molar-refractivity contribution is 0.190. The second-order valence-corrected chi connectivity index (χ2v) is 6.40. The van der Waals surface area contributed by atoms with Crippen molar-refractivity contribution in [2.45, 2.75) is 24.8 Å². The van der Waals surface area contributed by atoms with Crippen LogP contribution in [0, 0.1) is 0 Å². The van der Waals surface area contributed by atoms with E-state index in [1.165, 1.54) is 5.56 Å². The number of nitrogens with two attached hydrogens (primary N) is 1. The molecule has 1 atom stereocenters. The smallest absolute Gasteiger partial charge is 0.213 e. The Labute approximate surface area is 135 Å². The molecule has 2 aliphatic rings. The molecule has 4 rings (SSSR count). The van der Waals surface area contributed by atoms with Crippen LogP contribution in [0.3, 0.4) is 0 Å². The van der Waals surface area contributed by atoms with Gasteiger partial charge in [-0.15, -0.1) is 0 Å². The predicted octanol–water partition coefficient (Wildman–Crippen LogP) is 1.54. The quantitative estimate of drug-likeness (QED) is 0.926. The van der Waals surface area contributed by atoms with Gasteiger partial charge in [-0.1, -0.05) is 0 Å². The van der Waals surface area contributed by atoms with Gasteiger partial charge in [-0.3, -0.25) is 4.98 Å². The molecule has 23 heavy (non-hydrogen) atoms. The van der Waals surface area contributed by atoms with Gasteiger partial charge in [-0.25, -0.2) is 4.98 Å². The van der Waals surface area contributed by atoms with Crippen LogP contribution in [0.1, 0.15) is 24.3 Å². The fourth-order valence-electron chi connectivity index (χ4n) is 3.54. The number of hydrogen-bond donors (Lipinski definition) is 1. The highest BCUT2D eigenvalue weighted by Crippen LogP contribution is 2.38. The predicted molar refractivity (Wildman–Crippen MR) is 88.0 cm³/mol. The third kappa shape index (κ3) is 2.72. The van der Waals surface area contributed by atoms with Gasteiger partial charge in [0.1, 0.15) is 11.3 Å². The van der Waals surface area contributed by atoms with E-state index in [2.05, 4.69) is 14.9 Å². The maximum Gasteiger partial charge on any atom is 0.213 e. The highest BCUT2D eigenvalue weighted by molar-refractivity contribution is 5.81. The molecule has 0 aromatic carbocycles. The molecular weight excluding hydrogens is 292 g/mol. The van der Waals surface area contributed by atoms with Gasteiger partial charge in [0.15, 0.2) is 0 Å². The molecule has 2 aliphatic heterocycles. The summed E-state index contributed by atoms with van der Waals surface area (Å²) in [6, 6.07) is 4.16. The number of hydrogen-bond acceptors (Lipinski definition) is 6. The van der Waals surface area contributed by atoms with E-state index >= 15 is 0 Å². The zero-order valence-corrected chi connectivity index (χ0v) is 13.4. The first-order valence-corrected chi connectivity index (χ1v) is 8.19. The average Bonchev–Trinajstić information content (AvgIpc) is 3.00. The van der Waals surface area contributed by atoms with Crippen LogP contribution >= 0.6 is 0 Å². The van der Waals surface area contributed by atoms with Crippen LogP contribution in [0.15, 0.2) is 18.3 Å². The van der Waals surface area contributed by atoms with Crippen LogP contribution in [-0.2, 0) is 0 Å². The molecular formula is C17H22N4O2. The van der Waals surface area contributed by atoms with Crippen molar-refractivity contribution in [3.05, 3.63) is 23.9 Å². The molecule has 4 heterocycles. The lowest BCUT2D eigenvalue weighted by Crippen LogP contribution is -2.41. The number of ether oxygens (including phenoxy) is 2. The molecule has 2 N–H and O–H groups in total. The van der Waals surface area contributed by atoms with Crippen molar-refractivity contribution in [3.63, 3.8) is 0 Å². The Morgan fingerprint density at radius 3 is 2.96 bits per heavy atom. The minimum absolute atomic E-state index is 0.324. The summed E-state index contributed by atoms with van der Waals surface area (Å²) in [6.07, 6.45) is 3.96. The Hall–Kier alpha value is -1.92. The van der Waals surface area contributed by atoms with Gasteiger partial charge in [0.05, 0.1) is 25.4 Å². The van der Waals surface area contributed by atoms with E-state index in [-0.39, 0.29) is 0 Å². The lowest BCUT2D eigenvalue weighted by Gasteiger charge is -2.31. The van der Waals surface area contributed by atoms with Gasteiger partial charge in [-0.05, 0) is 32.0 Å². The standard InChI is InChI=1S/C17H22N4O2/c1-22-15-3-2-13-17(20-15)16-11(10-23-14(16)8-19-13)9-21-6-4-12(18)5-7-21/h2-3,8,11-12H,4-7,9-10,18H2,1H3. The maximum atomic E-state index is 6.00. The fourth-order valence-corrected chi connectivity index (χ4v) is 3.54. The molecule has 122 valence electrons. The van der Waals surface area contributed by atoms with Gasteiger partial charge in [0, 0.05) is 30.1 Å². The molecule has 0 amide bonds. The van der Waals surface area contributed by atoms with Crippen molar-refractivity contribution in [2.24, 2.45) is 5.73 Å². The van der Waals surface area contributed by atoms with E-state index in [1.807, 2.05) is 18.3 Å². The van der Waals surface area contributed by atoms with Crippen molar-refractivity contribution in [3.8, 4) is 11.6 Å². The summed E-state index contributed by atoms with van der Waals surface area (Å²) in [6.45, 7) is 3.80.